The largest absolute Gasteiger partial charge is 0.265 e. The zero-order valence-electron chi connectivity index (χ0n) is 11.2. The molecule has 1 saturated carbocycles. The predicted molar refractivity (Wildman–Crippen MR) is 69.7 cm³/mol. The molecule has 0 atom stereocenters. The van der Waals surface area contributed by atoms with Gasteiger partial charge in [0.15, 0.2) is 0 Å². The quantitative estimate of drug-likeness (QED) is 0.892. The molecule has 0 unspecified atom stereocenters. The van der Waals surface area contributed by atoms with E-state index < -0.39 is 10.0 Å². The Kier molecular flexibility index (Phi) is 3.51. The van der Waals surface area contributed by atoms with Crippen molar-refractivity contribution in [2.24, 2.45) is 11.1 Å². The van der Waals surface area contributed by atoms with Gasteiger partial charge in [-0.3, -0.25) is 4.68 Å². The molecule has 0 amide bonds. The topological polar surface area (TPSA) is 78.0 Å². The summed E-state index contributed by atoms with van der Waals surface area (Å²) in [6.45, 7) is 5.75. The van der Waals surface area contributed by atoms with Gasteiger partial charge >= 0.3 is 0 Å². The fourth-order valence-electron chi connectivity index (χ4n) is 2.90. The van der Waals surface area contributed by atoms with Crippen molar-refractivity contribution in [3.8, 4) is 0 Å². The number of hydrogen-bond donors (Lipinski definition) is 1. The first kappa shape index (κ1) is 13.5. The molecule has 1 aromatic heterocycles. The third-order valence-electron chi connectivity index (χ3n) is 3.87. The second kappa shape index (κ2) is 4.66. The Labute approximate surface area is 108 Å². The van der Waals surface area contributed by atoms with Crippen molar-refractivity contribution in [1.29, 1.82) is 0 Å². The second-order valence-electron chi connectivity index (χ2n) is 5.40. The third-order valence-corrected chi connectivity index (χ3v) is 5.03. The molecule has 1 fully saturated rings. The molecule has 5 nitrogen and oxygen atoms in total. The summed E-state index contributed by atoms with van der Waals surface area (Å²) in [4.78, 5) is 0.195. The van der Waals surface area contributed by atoms with Gasteiger partial charge < -0.3 is 0 Å². The Morgan fingerprint density at radius 3 is 2.22 bits per heavy atom. The van der Waals surface area contributed by atoms with E-state index in [1.54, 1.807) is 13.8 Å². The van der Waals surface area contributed by atoms with Crippen molar-refractivity contribution in [3.05, 3.63) is 11.4 Å². The molecule has 6 heteroatoms. The van der Waals surface area contributed by atoms with E-state index in [4.69, 9.17) is 5.14 Å². The van der Waals surface area contributed by atoms with Gasteiger partial charge in [-0.25, -0.2) is 13.6 Å². The van der Waals surface area contributed by atoms with E-state index >= 15 is 0 Å². The van der Waals surface area contributed by atoms with E-state index in [2.05, 4.69) is 12.0 Å². The van der Waals surface area contributed by atoms with Crippen LogP contribution in [-0.2, 0) is 10.0 Å². The highest BCUT2D eigenvalue weighted by Gasteiger charge is 2.26. The molecule has 0 aliphatic heterocycles. The summed E-state index contributed by atoms with van der Waals surface area (Å²) in [5.74, 6) is 0.760. The number of nitrogens with zero attached hydrogens (tertiary/aromatic N) is 2. The van der Waals surface area contributed by atoms with Crippen LogP contribution in [0, 0.1) is 19.8 Å². The predicted octanol–water partition coefficient (Wildman–Crippen LogP) is 1.90. The lowest BCUT2D eigenvalue weighted by molar-refractivity contribution is 0.270. The van der Waals surface area contributed by atoms with Crippen LogP contribution < -0.4 is 5.14 Å². The maximum absolute atomic E-state index is 11.5. The normalized spacial score (nSPS) is 25.3. The van der Waals surface area contributed by atoms with Crippen molar-refractivity contribution in [1.82, 2.24) is 9.78 Å². The lowest BCUT2D eigenvalue weighted by Gasteiger charge is -2.27. The Balaban J connectivity index is 2.36. The summed E-state index contributed by atoms with van der Waals surface area (Å²) in [6.07, 6.45) is 4.47. The monoisotopic (exact) mass is 271 g/mol. The molecular weight excluding hydrogens is 250 g/mol. The van der Waals surface area contributed by atoms with Crippen LogP contribution in [0.25, 0.3) is 0 Å². The number of primary sulfonamides is 1. The summed E-state index contributed by atoms with van der Waals surface area (Å²) in [5.41, 5.74) is 1.18. The minimum absolute atomic E-state index is 0.195. The zero-order chi connectivity index (χ0) is 13.5. The first-order valence-electron chi connectivity index (χ1n) is 6.39. The zero-order valence-corrected chi connectivity index (χ0v) is 12.0. The summed E-state index contributed by atoms with van der Waals surface area (Å²) in [6, 6.07) is 0.315. The molecule has 18 heavy (non-hydrogen) atoms. The third kappa shape index (κ3) is 2.44. The van der Waals surface area contributed by atoms with Crippen LogP contribution in [0.4, 0.5) is 0 Å². The van der Waals surface area contributed by atoms with Crippen molar-refractivity contribution in [2.75, 3.05) is 0 Å². The van der Waals surface area contributed by atoms with Crippen molar-refractivity contribution in [3.63, 3.8) is 0 Å². The molecule has 1 aromatic rings. The van der Waals surface area contributed by atoms with Crippen LogP contribution in [0.5, 0.6) is 0 Å². The number of aromatic nitrogens is 2. The maximum Gasteiger partial charge on any atom is 0.241 e. The highest BCUT2D eigenvalue weighted by atomic mass is 32.2. The Morgan fingerprint density at radius 1 is 1.22 bits per heavy atom. The second-order valence-corrected chi connectivity index (χ2v) is 6.90. The lowest BCUT2D eigenvalue weighted by atomic mass is 9.87. The molecule has 0 radical (unpaired) electrons. The summed E-state index contributed by atoms with van der Waals surface area (Å²) < 4.78 is 25.0. The SMILES string of the molecule is Cc1nn(C2CCC(C)CC2)c(C)c1S(N)(=O)=O. The van der Waals surface area contributed by atoms with E-state index in [-0.39, 0.29) is 4.90 Å². The summed E-state index contributed by atoms with van der Waals surface area (Å²) in [7, 11) is -3.68. The number of hydrogen-bond acceptors (Lipinski definition) is 3. The smallest absolute Gasteiger partial charge is 0.241 e. The molecule has 2 rings (SSSR count). The molecule has 2 N–H and O–H groups in total. The molecule has 0 saturated heterocycles. The molecule has 1 heterocycles. The van der Waals surface area contributed by atoms with Crippen molar-refractivity contribution in [2.45, 2.75) is 57.4 Å². The first-order chi connectivity index (χ1) is 8.30. The fourth-order valence-corrected chi connectivity index (χ4v) is 3.86. The van der Waals surface area contributed by atoms with Gasteiger partial charge in [0.05, 0.1) is 17.4 Å². The van der Waals surface area contributed by atoms with Crippen LogP contribution in [0.15, 0.2) is 4.90 Å². The fraction of sp³-hybridized carbons (Fsp3) is 0.750. The minimum atomic E-state index is -3.68. The lowest BCUT2D eigenvalue weighted by Crippen LogP contribution is -2.19. The van der Waals surface area contributed by atoms with E-state index in [0.29, 0.717) is 17.4 Å². The van der Waals surface area contributed by atoms with Gasteiger partial charge in [0, 0.05) is 0 Å². The molecular formula is C12H21N3O2S. The molecule has 0 bridgehead atoms. The minimum Gasteiger partial charge on any atom is -0.265 e. The van der Waals surface area contributed by atoms with E-state index in [1.165, 1.54) is 12.8 Å². The number of nitrogens with two attached hydrogens (primary N) is 1. The van der Waals surface area contributed by atoms with Gasteiger partial charge in [-0.05, 0) is 45.4 Å². The first-order valence-corrected chi connectivity index (χ1v) is 7.94. The molecule has 1 aliphatic carbocycles. The Bertz CT molecular complexity index is 540. The van der Waals surface area contributed by atoms with Crippen LogP contribution in [0.3, 0.4) is 0 Å². The average Bonchev–Trinajstić information content (AvgIpc) is 2.54. The van der Waals surface area contributed by atoms with Gasteiger partial charge in [-0.1, -0.05) is 6.92 Å². The van der Waals surface area contributed by atoms with E-state index in [1.807, 2.05) is 4.68 Å². The highest BCUT2D eigenvalue weighted by Crippen LogP contribution is 2.33. The summed E-state index contributed by atoms with van der Waals surface area (Å²) >= 11 is 0. The molecule has 0 spiro atoms. The molecule has 1 aliphatic rings. The van der Waals surface area contributed by atoms with Gasteiger partial charge in [0.2, 0.25) is 10.0 Å². The van der Waals surface area contributed by atoms with Crippen LogP contribution in [-0.4, -0.2) is 18.2 Å². The average molecular weight is 271 g/mol. The Morgan fingerprint density at radius 2 is 1.78 bits per heavy atom. The van der Waals surface area contributed by atoms with Crippen LogP contribution in [0.2, 0.25) is 0 Å². The molecule has 102 valence electrons. The number of aryl methyl sites for hydroxylation is 1. The standard InChI is InChI=1S/C12H21N3O2S/c1-8-4-6-11(7-5-8)15-10(3)12(9(2)14-15)18(13,16)17/h8,11H,4-7H2,1-3H3,(H2,13,16,17). The maximum atomic E-state index is 11.5. The summed E-state index contributed by atoms with van der Waals surface area (Å²) in [5, 5.41) is 9.63. The number of sulfonamides is 1. The van der Waals surface area contributed by atoms with Gasteiger partial charge in [-0.15, -0.1) is 0 Å². The van der Waals surface area contributed by atoms with Gasteiger partial charge in [-0.2, -0.15) is 5.10 Å². The molecule has 0 aromatic carbocycles. The van der Waals surface area contributed by atoms with E-state index in [0.717, 1.165) is 18.8 Å². The van der Waals surface area contributed by atoms with E-state index in [9.17, 15) is 8.42 Å². The van der Waals surface area contributed by atoms with Gasteiger partial charge in [0.25, 0.3) is 0 Å². The van der Waals surface area contributed by atoms with Crippen molar-refractivity contribution < 1.29 is 8.42 Å². The van der Waals surface area contributed by atoms with Gasteiger partial charge in [0.1, 0.15) is 4.90 Å². The highest BCUT2D eigenvalue weighted by molar-refractivity contribution is 7.89. The van der Waals surface area contributed by atoms with Crippen LogP contribution in [0.1, 0.15) is 50.0 Å². The number of rotatable bonds is 2. The Hall–Kier alpha value is -0.880. The van der Waals surface area contributed by atoms with Crippen LogP contribution >= 0.6 is 0 Å². The van der Waals surface area contributed by atoms with Crippen molar-refractivity contribution >= 4 is 10.0 Å².